The second-order valence-electron chi connectivity index (χ2n) is 11.3. The Labute approximate surface area is 205 Å². The molecule has 2 aromatic heterocycles. The van der Waals surface area contributed by atoms with Gasteiger partial charge < -0.3 is 14.6 Å². The van der Waals surface area contributed by atoms with Gasteiger partial charge >= 0.3 is 0 Å². The van der Waals surface area contributed by atoms with E-state index < -0.39 is 5.82 Å². The Hall–Kier alpha value is -3.22. The van der Waals surface area contributed by atoms with Gasteiger partial charge in [-0.2, -0.15) is 0 Å². The highest BCUT2D eigenvalue weighted by atomic mass is 19.1. The van der Waals surface area contributed by atoms with E-state index in [-0.39, 0.29) is 22.6 Å². The molecule has 7 heteroatoms. The van der Waals surface area contributed by atoms with Crippen LogP contribution >= 0.6 is 0 Å². The van der Waals surface area contributed by atoms with Gasteiger partial charge in [-0.25, -0.2) is 4.39 Å². The van der Waals surface area contributed by atoms with Crippen molar-refractivity contribution in [3.63, 3.8) is 0 Å². The van der Waals surface area contributed by atoms with E-state index >= 15 is 4.39 Å². The topological polar surface area (TPSA) is 71.2 Å². The lowest BCUT2D eigenvalue weighted by molar-refractivity contribution is 0.0141. The van der Waals surface area contributed by atoms with Gasteiger partial charge in [0.25, 0.3) is 5.56 Å². The minimum absolute atomic E-state index is 0.00603. The van der Waals surface area contributed by atoms with Crippen LogP contribution in [0.25, 0.3) is 22.4 Å². The third-order valence-corrected chi connectivity index (χ3v) is 8.19. The number of aryl methyl sites for hydroxylation is 1. The minimum atomic E-state index is -0.614. The molecule has 1 unspecified atom stereocenters. The number of rotatable bonds is 4. The summed E-state index contributed by atoms with van der Waals surface area (Å²) in [6.07, 6.45) is 9.06. The first-order valence-electron chi connectivity index (χ1n) is 12.3. The summed E-state index contributed by atoms with van der Waals surface area (Å²) in [6.45, 7) is 4.84. The Balaban J connectivity index is 1.39. The van der Waals surface area contributed by atoms with Crippen LogP contribution in [-0.4, -0.2) is 33.0 Å². The van der Waals surface area contributed by atoms with Gasteiger partial charge in [-0.3, -0.25) is 4.79 Å². The van der Waals surface area contributed by atoms with Gasteiger partial charge in [0.15, 0.2) is 5.82 Å². The lowest BCUT2D eigenvalue weighted by Gasteiger charge is -2.54. The van der Waals surface area contributed by atoms with Crippen molar-refractivity contribution < 1.29 is 9.50 Å². The lowest BCUT2D eigenvalue weighted by Crippen LogP contribution is -2.49. The van der Waals surface area contributed by atoms with Crippen molar-refractivity contribution in [3.05, 3.63) is 58.8 Å². The number of anilines is 1. The van der Waals surface area contributed by atoms with Crippen LogP contribution in [-0.2, 0) is 7.05 Å². The Kier molecular flexibility index (Phi) is 5.69. The molecule has 2 bridgehead atoms. The Morgan fingerprint density at radius 3 is 2.37 bits per heavy atom. The number of aromatic hydroxyl groups is 1. The summed E-state index contributed by atoms with van der Waals surface area (Å²) in [6, 6.07) is 9.85. The monoisotopic (exact) mass is 476 g/mol. The molecule has 5 rings (SSSR count). The normalized spacial score (nSPS) is 25.9. The van der Waals surface area contributed by atoms with Gasteiger partial charge in [0.05, 0.1) is 11.3 Å². The van der Waals surface area contributed by atoms with Gasteiger partial charge in [0.1, 0.15) is 11.6 Å². The predicted molar refractivity (Wildman–Crippen MR) is 136 cm³/mol. The van der Waals surface area contributed by atoms with Crippen molar-refractivity contribution in [2.24, 2.45) is 17.9 Å². The molecule has 0 spiro atoms. The van der Waals surface area contributed by atoms with Gasteiger partial charge in [0.2, 0.25) is 0 Å². The van der Waals surface area contributed by atoms with E-state index in [1.807, 2.05) is 6.07 Å². The number of phenolic OH excluding ortho intramolecular Hbond substituents is 1. The summed E-state index contributed by atoms with van der Waals surface area (Å²) in [4.78, 5) is 14.2. The smallest absolute Gasteiger partial charge is 0.250 e. The lowest BCUT2D eigenvalue weighted by atomic mass is 9.55. The van der Waals surface area contributed by atoms with Crippen LogP contribution in [0.1, 0.15) is 52.4 Å². The van der Waals surface area contributed by atoms with Crippen LogP contribution in [0.3, 0.4) is 0 Å². The molecule has 3 atom stereocenters. The van der Waals surface area contributed by atoms with Crippen LogP contribution in [0, 0.1) is 16.6 Å². The Morgan fingerprint density at radius 2 is 1.77 bits per heavy atom. The number of halogens is 1. The van der Waals surface area contributed by atoms with E-state index in [1.54, 1.807) is 25.4 Å². The van der Waals surface area contributed by atoms with E-state index in [2.05, 4.69) is 36.0 Å². The van der Waals surface area contributed by atoms with E-state index in [1.165, 1.54) is 48.4 Å². The first-order valence-corrected chi connectivity index (χ1v) is 12.3. The van der Waals surface area contributed by atoms with E-state index in [9.17, 15) is 9.90 Å². The molecule has 6 nitrogen and oxygen atoms in total. The second kappa shape index (κ2) is 8.47. The molecule has 0 aliphatic heterocycles. The van der Waals surface area contributed by atoms with Crippen molar-refractivity contribution in [2.45, 2.75) is 58.4 Å². The van der Waals surface area contributed by atoms with Crippen molar-refractivity contribution in [1.82, 2.24) is 14.8 Å². The van der Waals surface area contributed by atoms with E-state index in [0.29, 0.717) is 28.0 Å². The summed E-state index contributed by atoms with van der Waals surface area (Å²) in [5.74, 6) is -0.100. The fraction of sp³-hybridized carbons (Fsp3) is 0.464. The summed E-state index contributed by atoms with van der Waals surface area (Å²) < 4.78 is 16.5. The van der Waals surface area contributed by atoms with Crippen LogP contribution in [0.4, 0.5) is 10.2 Å². The molecule has 2 aliphatic carbocycles. The molecule has 2 fully saturated rings. The Bertz CT molecular complexity index is 1280. The molecule has 2 saturated carbocycles. The average molecular weight is 477 g/mol. The van der Waals surface area contributed by atoms with Crippen molar-refractivity contribution in [1.29, 1.82) is 0 Å². The third kappa shape index (κ3) is 4.44. The van der Waals surface area contributed by atoms with Crippen molar-refractivity contribution in [3.8, 4) is 28.1 Å². The molecule has 2 heterocycles. The van der Waals surface area contributed by atoms with E-state index in [4.69, 9.17) is 0 Å². The van der Waals surface area contributed by atoms with Crippen LogP contribution in [0.5, 0.6) is 5.75 Å². The Morgan fingerprint density at radius 1 is 1.06 bits per heavy atom. The summed E-state index contributed by atoms with van der Waals surface area (Å²) in [5, 5.41) is 19.3. The van der Waals surface area contributed by atoms with Gasteiger partial charge in [0, 0.05) is 32.4 Å². The first kappa shape index (κ1) is 23.5. The van der Waals surface area contributed by atoms with Crippen LogP contribution in [0.15, 0.2) is 47.4 Å². The first-order chi connectivity index (χ1) is 16.6. The zero-order valence-corrected chi connectivity index (χ0v) is 20.9. The number of nitrogens with zero attached hydrogens (tertiary/aromatic N) is 4. The van der Waals surface area contributed by atoms with Crippen molar-refractivity contribution >= 4 is 5.82 Å². The van der Waals surface area contributed by atoms with Gasteiger partial charge in [-0.1, -0.05) is 20.3 Å². The van der Waals surface area contributed by atoms with Gasteiger partial charge in [-0.15, -0.1) is 10.2 Å². The largest absolute Gasteiger partial charge is 0.507 e. The van der Waals surface area contributed by atoms with Crippen molar-refractivity contribution in [2.75, 3.05) is 11.9 Å². The minimum Gasteiger partial charge on any atom is -0.507 e. The molecule has 0 amide bonds. The number of hydrogen-bond acceptors (Lipinski definition) is 5. The molecule has 0 saturated heterocycles. The molecule has 35 heavy (non-hydrogen) atoms. The highest BCUT2D eigenvalue weighted by Gasteiger charge is 2.47. The highest BCUT2D eigenvalue weighted by molar-refractivity contribution is 5.75. The van der Waals surface area contributed by atoms with Crippen LogP contribution in [0.2, 0.25) is 0 Å². The predicted octanol–water partition coefficient (Wildman–Crippen LogP) is 5.54. The molecule has 3 aromatic rings. The number of fused-ring (bicyclic) bond motifs is 2. The van der Waals surface area contributed by atoms with Gasteiger partial charge in [-0.05, 0) is 84.4 Å². The molecule has 1 aromatic carbocycles. The zero-order chi connectivity index (χ0) is 25.0. The fourth-order valence-electron chi connectivity index (χ4n) is 6.56. The maximum Gasteiger partial charge on any atom is 0.250 e. The third-order valence-electron chi connectivity index (χ3n) is 8.19. The molecule has 184 valence electrons. The second-order valence-corrected chi connectivity index (χ2v) is 11.3. The quantitative estimate of drug-likeness (QED) is 0.535. The summed E-state index contributed by atoms with van der Waals surface area (Å²) in [5.41, 5.74) is 1.78. The summed E-state index contributed by atoms with van der Waals surface area (Å²) in [7, 11) is 3.71. The van der Waals surface area contributed by atoms with E-state index in [0.717, 1.165) is 18.7 Å². The maximum absolute atomic E-state index is 15.1. The number of phenols is 1. The standard InChI is InChI=1S/C28H33FN4O2/c1-27-9-5-10-28(2,17-27)16-20(15-27)33(4)24-7-6-22(30-31-24)26-21(29)12-19(13-23(26)34)18-8-11-32(3)25(35)14-18/h6-8,11-14,20,34H,5,9-10,15-17H2,1-4H3/t20?,27-,28+. The number of pyridine rings is 1. The maximum atomic E-state index is 15.1. The summed E-state index contributed by atoms with van der Waals surface area (Å²) >= 11 is 0. The number of hydrogen-bond donors (Lipinski definition) is 1. The molecule has 0 radical (unpaired) electrons. The molecular formula is C28H33FN4O2. The molecule has 2 aliphatic rings. The fourth-order valence-corrected chi connectivity index (χ4v) is 6.56. The molecular weight excluding hydrogens is 443 g/mol. The number of aromatic nitrogens is 3. The highest BCUT2D eigenvalue weighted by Crippen LogP contribution is 2.56. The zero-order valence-electron chi connectivity index (χ0n) is 20.9. The molecule has 1 N–H and O–H groups in total. The average Bonchev–Trinajstić information content (AvgIpc) is 2.79. The van der Waals surface area contributed by atoms with Crippen LogP contribution < -0.4 is 10.5 Å². The number of benzene rings is 1. The SMILES string of the molecule is CN(c1ccc(-c2c(O)cc(-c3ccn(C)c(=O)c3)cc2F)nn1)C1C[C@]2(C)CCC[C@](C)(C1)C2.